The Morgan fingerprint density at radius 2 is 1.34 bits per heavy atom. The maximum atomic E-state index is 14.5. The van der Waals surface area contributed by atoms with Crippen LogP contribution in [0.1, 0.15) is 28.2 Å². The number of imide groups is 1. The van der Waals surface area contributed by atoms with Crippen LogP contribution in [0.15, 0.2) is 72.8 Å². The number of amides is 2. The lowest BCUT2D eigenvalue weighted by molar-refractivity contribution is -0.122. The number of benzene rings is 3. The van der Waals surface area contributed by atoms with Crippen LogP contribution in [0.3, 0.4) is 0 Å². The fourth-order valence-electron chi connectivity index (χ4n) is 5.55. The molecule has 7 rings (SSSR count). The van der Waals surface area contributed by atoms with Crippen LogP contribution >= 0.6 is 11.6 Å². The SMILES string of the molecule is O=C1[C@@H]2C3c4ccccc4C(Cl)(c4ccccc43)[C@H]2C(=O)N1c1ccccc1F. The third-order valence-corrected chi connectivity index (χ3v) is 7.25. The summed E-state index contributed by atoms with van der Waals surface area (Å²) in [4.78, 5) is 27.0. The Bertz CT molecular complexity index is 1180. The molecule has 142 valence electrons. The van der Waals surface area contributed by atoms with Crippen LogP contribution in [0.25, 0.3) is 0 Å². The van der Waals surface area contributed by atoms with E-state index in [1.807, 2.05) is 48.5 Å². The van der Waals surface area contributed by atoms with E-state index in [2.05, 4.69) is 0 Å². The second-order valence-corrected chi connectivity index (χ2v) is 8.43. The van der Waals surface area contributed by atoms with Gasteiger partial charge >= 0.3 is 0 Å². The van der Waals surface area contributed by atoms with Gasteiger partial charge in [-0.05, 0) is 34.4 Å². The van der Waals surface area contributed by atoms with Crippen LogP contribution in [0.4, 0.5) is 10.1 Å². The smallest absolute Gasteiger partial charge is 0.240 e. The number of hydrogen-bond acceptors (Lipinski definition) is 2. The van der Waals surface area contributed by atoms with Crippen molar-refractivity contribution in [3.05, 3.63) is 101 Å². The topological polar surface area (TPSA) is 37.4 Å². The first kappa shape index (κ1) is 16.9. The molecule has 1 aliphatic heterocycles. The molecule has 0 N–H and O–H groups in total. The molecule has 4 aliphatic rings. The lowest BCUT2D eigenvalue weighted by atomic mass is 9.54. The number of para-hydroxylation sites is 1. The van der Waals surface area contributed by atoms with Crippen LogP contribution in [-0.4, -0.2) is 11.8 Å². The summed E-state index contributed by atoms with van der Waals surface area (Å²) >= 11 is 7.32. The number of anilines is 1. The first-order chi connectivity index (χ1) is 14.0. The number of alkyl halides is 1. The van der Waals surface area contributed by atoms with Crippen LogP contribution in [0.5, 0.6) is 0 Å². The van der Waals surface area contributed by atoms with E-state index in [1.54, 1.807) is 6.07 Å². The summed E-state index contributed by atoms with van der Waals surface area (Å²) in [6.07, 6.45) is 0. The van der Waals surface area contributed by atoms with Gasteiger partial charge in [0.05, 0.1) is 17.5 Å². The molecule has 1 saturated heterocycles. The van der Waals surface area contributed by atoms with Crippen LogP contribution in [0, 0.1) is 17.7 Å². The summed E-state index contributed by atoms with van der Waals surface area (Å²) in [5.41, 5.74) is 3.66. The Kier molecular flexibility index (Phi) is 3.24. The van der Waals surface area contributed by atoms with Crippen LogP contribution in [-0.2, 0) is 14.5 Å². The van der Waals surface area contributed by atoms with E-state index in [4.69, 9.17) is 11.6 Å². The molecule has 0 aromatic heterocycles. The van der Waals surface area contributed by atoms with E-state index in [0.717, 1.165) is 27.2 Å². The van der Waals surface area contributed by atoms with E-state index in [1.165, 1.54) is 18.2 Å². The first-order valence-electron chi connectivity index (χ1n) is 9.55. The summed E-state index contributed by atoms with van der Waals surface area (Å²) in [5.74, 6) is -3.12. The summed E-state index contributed by atoms with van der Waals surface area (Å²) in [7, 11) is 0. The van der Waals surface area contributed by atoms with Gasteiger partial charge in [0.1, 0.15) is 10.7 Å². The number of nitrogens with zero attached hydrogens (tertiary/aromatic N) is 1. The van der Waals surface area contributed by atoms with Crippen molar-refractivity contribution in [2.75, 3.05) is 4.90 Å². The Labute approximate surface area is 171 Å². The molecule has 3 aromatic rings. The average molecular weight is 404 g/mol. The van der Waals surface area contributed by atoms with Gasteiger partial charge < -0.3 is 0 Å². The third kappa shape index (κ3) is 1.88. The van der Waals surface area contributed by atoms with Crippen molar-refractivity contribution >= 4 is 29.1 Å². The zero-order chi connectivity index (χ0) is 19.9. The summed E-state index contributed by atoms with van der Waals surface area (Å²) in [5, 5.41) is 0. The minimum atomic E-state index is -1.15. The van der Waals surface area contributed by atoms with E-state index < -0.39 is 28.4 Å². The molecule has 0 spiro atoms. The highest BCUT2D eigenvalue weighted by molar-refractivity contribution is 6.33. The van der Waals surface area contributed by atoms with Crippen molar-refractivity contribution in [3.63, 3.8) is 0 Å². The molecule has 1 fully saturated rings. The predicted molar refractivity (Wildman–Crippen MR) is 107 cm³/mol. The largest absolute Gasteiger partial charge is 0.274 e. The van der Waals surface area contributed by atoms with Gasteiger partial charge in [0.2, 0.25) is 11.8 Å². The normalized spacial score (nSPS) is 28.9. The Morgan fingerprint density at radius 3 is 1.97 bits per heavy atom. The van der Waals surface area contributed by atoms with Crippen LogP contribution < -0.4 is 4.90 Å². The number of carbonyl (C=O) groups excluding carboxylic acids is 2. The summed E-state index contributed by atoms with van der Waals surface area (Å²) in [6.45, 7) is 0. The lowest BCUT2D eigenvalue weighted by Gasteiger charge is -2.50. The molecular formula is C24H15ClFNO2. The third-order valence-electron chi connectivity index (χ3n) is 6.61. The van der Waals surface area contributed by atoms with Gasteiger partial charge in [-0.15, -0.1) is 11.6 Å². The molecule has 5 heteroatoms. The van der Waals surface area contributed by atoms with Gasteiger partial charge in [-0.1, -0.05) is 60.7 Å². The fourth-order valence-corrected chi connectivity index (χ4v) is 6.12. The molecule has 1 heterocycles. The van der Waals surface area contributed by atoms with Crippen molar-refractivity contribution in [3.8, 4) is 0 Å². The fraction of sp³-hybridized carbons (Fsp3) is 0.167. The van der Waals surface area contributed by atoms with Crippen LogP contribution in [0.2, 0.25) is 0 Å². The Hall–Kier alpha value is -2.98. The Morgan fingerprint density at radius 1 is 0.793 bits per heavy atom. The molecule has 3 nitrogen and oxygen atoms in total. The monoisotopic (exact) mass is 403 g/mol. The Balaban J connectivity index is 1.64. The van der Waals surface area contributed by atoms with E-state index in [9.17, 15) is 14.0 Å². The van der Waals surface area contributed by atoms with Crippen molar-refractivity contribution in [2.24, 2.45) is 11.8 Å². The summed E-state index contributed by atoms with van der Waals surface area (Å²) < 4.78 is 14.5. The molecule has 29 heavy (non-hydrogen) atoms. The molecule has 0 unspecified atom stereocenters. The number of hydrogen-bond donors (Lipinski definition) is 0. The maximum absolute atomic E-state index is 14.5. The maximum Gasteiger partial charge on any atom is 0.240 e. The second kappa shape index (κ2) is 5.55. The van der Waals surface area contributed by atoms with Crippen molar-refractivity contribution in [2.45, 2.75) is 10.8 Å². The number of rotatable bonds is 1. The standard InChI is InChI=1S/C24H15ClFNO2/c25-24-15-9-3-1-7-13(15)19(14-8-2-4-10-16(14)24)20-21(24)23(29)27(22(20)28)18-12-6-5-11-17(18)26/h1-12,19-21H/t19?,20-,21-,24?/m1/s1. The minimum Gasteiger partial charge on any atom is -0.274 e. The zero-order valence-electron chi connectivity index (χ0n) is 15.2. The second-order valence-electron chi connectivity index (χ2n) is 7.83. The molecule has 0 radical (unpaired) electrons. The van der Waals surface area contributed by atoms with Gasteiger partial charge in [0.15, 0.2) is 0 Å². The van der Waals surface area contributed by atoms with Gasteiger partial charge in [-0.25, -0.2) is 9.29 Å². The van der Waals surface area contributed by atoms with E-state index in [-0.39, 0.29) is 17.5 Å². The number of halogens is 2. The van der Waals surface area contributed by atoms with E-state index in [0.29, 0.717) is 0 Å². The quantitative estimate of drug-likeness (QED) is 0.441. The molecule has 2 atom stereocenters. The van der Waals surface area contributed by atoms with Gasteiger partial charge in [0.25, 0.3) is 0 Å². The van der Waals surface area contributed by atoms with Gasteiger partial charge in [-0.2, -0.15) is 0 Å². The van der Waals surface area contributed by atoms with Crippen molar-refractivity contribution in [1.29, 1.82) is 0 Å². The van der Waals surface area contributed by atoms with Crippen molar-refractivity contribution in [1.82, 2.24) is 0 Å². The molecule has 2 bridgehead atoms. The van der Waals surface area contributed by atoms with Gasteiger partial charge in [-0.3, -0.25) is 9.59 Å². The molecule has 3 aliphatic carbocycles. The minimum absolute atomic E-state index is 0.00956. The first-order valence-corrected chi connectivity index (χ1v) is 9.93. The summed E-state index contributed by atoms with van der Waals surface area (Å²) in [6, 6.07) is 21.4. The van der Waals surface area contributed by atoms with E-state index >= 15 is 0 Å². The zero-order valence-corrected chi connectivity index (χ0v) is 15.9. The molecule has 0 saturated carbocycles. The van der Waals surface area contributed by atoms with Crippen molar-refractivity contribution < 1.29 is 14.0 Å². The number of carbonyl (C=O) groups is 2. The molecular weight excluding hydrogens is 389 g/mol. The average Bonchev–Trinajstić information content (AvgIpc) is 3.01. The highest BCUT2D eigenvalue weighted by atomic mass is 35.5. The molecule has 2 amide bonds. The molecule has 3 aromatic carbocycles. The predicted octanol–water partition coefficient (Wildman–Crippen LogP) is 4.57. The lowest BCUT2D eigenvalue weighted by Crippen LogP contribution is -2.50. The highest BCUT2D eigenvalue weighted by Gasteiger charge is 2.68. The van der Waals surface area contributed by atoms with Gasteiger partial charge in [0, 0.05) is 5.92 Å². The highest BCUT2D eigenvalue weighted by Crippen LogP contribution is 2.65.